The Morgan fingerprint density at radius 2 is 1.90 bits per heavy atom. The Kier molecular flexibility index (Phi) is 3.94. The molecule has 0 saturated carbocycles. The minimum Gasteiger partial charge on any atom is -0.382 e. The molecule has 0 saturated heterocycles. The van der Waals surface area contributed by atoms with Gasteiger partial charge in [-0.2, -0.15) is 4.98 Å². The van der Waals surface area contributed by atoms with E-state index in [0.717, 1.165) is 15.6 Å². The molecule has 0 atom stereocenters. The van der Waals surface area contributed by atoms with Gasteiger partial charge >= 0.3 is 0 Å². The van der Waals surface area contributed by atoms with E-state index in [9.17, 15) is 0 Å². The van der Waals surface area contributed by atoms with E-state index in [-0.39, 0.29) is 0 Å². The van der Waals surface area contributed by atoms with Crippen LogP contribution in [0.1, 0.15) is 5.56 Å². The smallest absolute Gasteiger partial charge is 0.191 e. The first-order valence-electron chi connectivity index (χ1n) is 6.41. The van der Waals surface area contributed by atoms with Crippen LogP contribution >= 0.6 is 23.1 Å². The lowest BCUT2D eigenvalue weighted by Crippen LogP contribution is -2.07. The zero-order chi connectivity index (χ0) is 14.8. The fourth-order valence-electron chi connectivity index (χ4n) is 1.79. The average molecular weight is 317 g/mol. The maximum Gasteiger partial charge on any atom is 0.191 e. The summed E-state index contributed by atoms with van der Waals surface area (Å²) < 4.78 is 0.850. The molecule has 5 nitrogen and oxygen atoms in total. The van der Waals surface area contributed by atoms with Gasteiger partial charge in [0.15, 0.2) is 15.9 Å². The lowest BCUT2D eigenvalue weighted by Gasteiger charge is -2.04. The molecule has 0 aliphatic heterocycles. The predicted molar refractivity (Wildman–Crippen MR) is 90.0 cm³/mol. The van der Waals surface area contributed by atoms with E-state index < -0.39 is 0 Å². The maximum absolute atomic E-state index is 6.03. The van der Waals surface area contributed by atoms with Crippen LogP contribution in [0.25, 0.3) is 10.3 Å². The van der Waals surface area contributed by atoms with Crippen LogP contribution in [-0.4, -0.2) is 29.0 Å². The third-order valence-electron chi connectivity index (χ3n) is 2.84. The first-order chi connectivity index (χ1) is 10.1. The molecule has 108 valence electrons. The molecule has 0 unspecified atom stereocenters. The molecule has 0 aliphatic rings. The van der Waals surface area contributed by atoms with Crippen molar-refractivity contribution in [1.29, 1.82) is 0 Å². The Morgan fingerprint density at radius 3 is 2.62 bits per heavy atom. The Balaban J connectivity index is 1.86. The third kappa shape index (κ3) is 3.08. The van der Waals surface area contributed by atoms with Crippen molar-refractivity contribution in [1.82, 2.24) is 15.0 Å². The van der Waals surface area contributed by atoms with E-state index in [0.29, 0.717) is 16.6 Å². The van der Waals surface area contributed by atoms with Gasteiger partial charge in [0, 0.05) is 19.8 Å². The molecule has 2 N–H and O–H groups in total. The maximum atomic E-state index is 6.03. The zero-order valence-corrected chi connectivity index (χ0v) is 13.4. The molecule has 0 spiro atoms. The van der Waals surface area contributed by atoms with Crippen molar-refractivity contribution < 1.29 is 0 Å². The fraction of sp³-hybridized carbons (Fsp3) is 0.214. The molecular formula is C14H15N5S2. The van der Waals surface area contributed by atoms with Crippen molar-refractivity contribution in [2.45, 2.75) is 10.9 Å². The standard InChI is InChI=1S/C14H15N5S2/c1-19(2)14-18-12-10(21-14)11(15)16-13(17-12)20-8-9-6-4-3-5-7-9/h3-7H,8H2,1-2H3,(H2,15,16,17). The van der Waals surface area contributed by atoms with E-state index in [4.69, 9.17) is 5.73 Å². The van der Waals surface area contributed by atoms with Crippen LogP contribution in [0.3, 0.4) is 0 Å². The van der Waals surface area contributed by atoms with Crippen LogP contribution < -0.4 is 10.6 Å². The van der Waals surface area contributed by atoms with Crippen molar-refractivity contribution >= 4 is 44.4 Å². The topological polar surface area (TPSA) is 67.9 Å². The number of hydrogen-bond donors (Lipinski definition) is 1. The zero-order valence-electron chi connectivity index (χ0n) is 11.8. The first-order valence-corrected chi connectivity index (χ1v) is 8.22. The molecule has 1 aromatic carbocycles. The van der Waals surface area contributed by atoms with Crippen LogP contribution in [0.2, 0.25) is 0 Å². The number of thiazole rings is 1. The summed E-state index contributed by atoms with van der Waals surface area (Å²) in [5.41, 5.74) is 7.93. The predicted octanol–water partition coefficient (Wildman–Crippen LogP) is 3.03. The number of rotatable bonds is 4. The van der Waals surface area contributed by atoms with Gasteiger partial charge in [-0.25, -0.2) is 9.97 Å². The summed E-state index contributed by atoms with van der Waals surface area (Å²) in [7, 11) is 3.90. The van der Waals surface area contributed by atoms with Gasteiger partial charge in [-0.15, -0.1) is 0 Å². The molecule has 0 amide bonds. The number of benzene rings is 1. The van der Waals surface area contributed by atoms with E-state index >= 15 is 0 Å². The molecule has 2 heterocycles. The summed E-state index contributed by atoms with van der Waals surface area (Å²) in [6.45, 7) is 0. The number of anilines is 2. The Bertz CT molecular complexity index is 755. The van der Waals surface area contributed by atoms with E-state index in [2.05, 4.69) is 27.1 Å². The minimum atomic E-state index is 0.501. The lowest BCUT2D eigenvalue weighted by atomic mass is 10.2. The second-order valence-corrected chi connectivity index (χ2v) is 6.63. The van der Waals surface area contributed by atoms with Crippen LogP contribution in [0.4, 0.5) is 10.9 Å². The molecule has 0 bridgehead atoms. The van der Waals surface area contributed by atoms with Crippen LogP contribution in [0.15, 0.2) is 35.5 Å². The van der Waals surface area contributed by atoms with Gasteiger partial charge in [-0.1, -0.05) is 53.4 Å². The second kappa shape index (κ2) is 5.87. The number of fused-ring (bicyclic) bond motifs is 1. The number of nitrogens with two attached hydrogens (primary N) is 1. The molecule has 2 aromatic heterocycles. The summed E-state index contributed by atoms with van der Waals surface area (Å²) in [6, 6.07) is 10.2. The largest absolute Gasteiger partial charge is 0.382 e. The normalized spacial score (nSPS) is 11.0. The second-order valence-electron chi connectivity index (χ2n) is 4.71. The Hall–Kier alpha value is -1.86. The summed E-state index contributed by atoms with van der Waals surface area (Å²) in [4.78, 5) is 15.3. The summed E-state index contributed by atoms with van der Waals surface area (Å²) in [6.07, 6.45) is 0. The number of hydrogen-bond acceptors (Lipinski definition) is 7. The summed E-state index contributed by atoms with van der Waals surface area (Å²) in [5.74, 6) is 1.32. The van der Waals surface area contributed by atoms with Crippen molar-refractivity contribution in [2.75, 3.05) is 24.7 Å². The van der Waals surface area contributed by atoms with Crippen molar-refractivity contribution in [2.24, 2.45) is 0 Å². The van der Waals surface area contributed by atoms with Crippen molar-refractivity contribution in [3.05, 3.63) is 35.9 Å². The monoisotopic (exact) mass is 317 g/mol. The lowest BCUT2D eigenvalue weighted by molar-refractivity contribution is 0.997. The molecule has 3 aromatic rings. The summed E-state index contributed by atoms with van der Waals surface area (Å²) >= 11 is 3.08. The highest BCUT2D eigenvalue weighted by Gasteiger charge is 2.12. The third-order valence-corrected chi connectivity index (χ3v) is 4.99. The van der Waals surface area contributed by atoms with Crippen LogP contribution in [0, 0.1) is 0 Å². The highest BCUT2D eigenvalue weighted by Crippen LogP contribution is 2.32. The van der Waals surface area contributed by atoms with Gasteiger partial charge in [-0.05, 0) is 5.56 Å². The number of nitrogen functional groups attached to an aromatic ring is 1. The van der Waals surface area contributed by atoms with E-state index in [1.54, 1.807) is 11.8 Å². The summed E-state index contributed by atoms with van der Waals surface area (Å²) in [5, 5.41) is 1.55. The molecule has 0 radical (unpaired) electrons. The van der Waals surface area contributed by atoms with Gasteiger partial charge in [0.2, 0.25) is 0 Å². The average Bonchev–Trinajstić information content (AvgIpc) is 2.91. The first kappa shape index (κ1) is 14.1. The van der Waals surface area contributed by atoms with Crippen LogP contribution in [0.5, 0.6) is 0 Å². The number of thioether (sulfide) groups is 1. The molecule has 0 aliphatic carbocycles. The van der Waals surface area contributed by atoms with Crippen molar-refractivity contribution in [3.63, 3.8) is 0 Å². The van der Waals surface area contributed by atoms with Gasteiger partial charge < -0.3 is 10.6 Å². The molecule has 21 heavy (non-hydrogen) atoms. The van der Waals surface area contributed by atoms with Crippen LogP contribution in [-0.2, 0) is 5.75 Å². The Labute approximate surface area is 131 Å². The molecular weight excluding hydrogens is 302 g/mol. The van der Waals surface area contributed by atoms with Gasteiger partial charge in [0.05, 0.1) is 0 Å². The van der Waals surface area contributed by atoms with E-state index in [1.807, 2.05) is 37.2 Å². The highest BCUT2D eigenvalue weighted by molar-refractivity contribution is 7.98. The minimum absolute atomic E-state index is 0.501. The molecule has 7 heteroatoms. The van der Waals surface area contributed by atoms with Crippen molar-refractivity contribution in [3.8, 4) is 0 Å². The number of aromatic nitrogens is 3. The van der Waals surface area contributed by atoms with Gasteiger partial charge in [0.1, 0.15) is 10.5 Å². The fourth-order valence-corrected chi connectivity index (χ4v) is 3.42. The van der Waals surface area contributed by atoms with Gasteiger partial charge in [-0.3, -0.25) is 0 Å². The van der Waals surface area contributed by atoms with Gasteiger partial charge in [0.25, 0.3) is 0 Å². The quantitative estimate of drug-likeness (QED) is 0.589. The number of nitrogens with zero attached hydrogens (tertiary/aromatic N) is 4. The van der Waals surface area contributed by atoms with E-state index in [1.165, 1.54) is 16.9 Å². The highest BCUT2D eigenvalue weighted by atomic mass is 32.2. The Morgan fingerprint density at radius 1 is 1.14 bits per heavy atom. The molecule has 0 fully saturated rings. The SMILES string of the molecule is CN(C)c1nc2nc(SCc3ccccc3)nc(N)c2s1. The molecule has 3 rings (SSSR count).